The quantitative estimate of drug-likeness (QED) is 0.293. The number of carbonyl (C=O) groups excluding carboxylic acids is 1. The third-order valence-corrected chi connectivity index (χ3v) is 5.81. The van der Waals surface area contributed by atoms with Crippen molar-refractivity contribution >= 4 is 18.0 Å². The Balaban J connectivity index is 1.59. The highest BCUT2D eigenvalue weighted by Crippen LogP contribution is 2.29. The number of carboxylic acid groups (broad SMARTS) is 1. The maximum atomic E-state index is 13.3. The molecule has 2 heterocycles. The van der Waals surface area contributed by atoms with Crippen molar-refractivity contribution < 1.29 is 32.4 Å². The molecule has 0 aliphatic carbocycles. The lowest BCUT2D eigenvalue weighted by molar-refractivity contribution is -0.149. The van der Waals surface area contributed by atoms with Crippen LogP contribution in [0.5, 0.6) is 0 Å². The summed E-state index contributed by atoms with van der Waals surface area (Å²) in [5, 5.41) is 13.7. The lowest BCUT2D eigenvalue weighted by atomic mass is 10.0. The summed E-state index contributed by atoms with van der Waals surface area (Å²) in [7, 11) is 0. The third kappa shape index (κ3) is 6.73. The van der Waals surface area contributed by atoms with Gasteiger partial charge in [-0.1, -0.05) is 41.6 Å². The van der Waals surface area contributed by atoms with Crippen LogP contribution in [0.4, 0.5) is 13.2 Å². The number of nitrogens with zero attached hydrogens (tertiary/aromatic N) is 3. The van der Waals surface area contributed by atoms with Crippen molar-refractivity contribution in [2.45, 2.75) is 25.2 Å². The molecule has 0 bridgehead atoms. The van der Waals surface area contributed by atoms with E-state index in [9.17, 15) is 27.9 Å². The number of hydrogen-bond acceptors (Lipinski definition) is 5. The monoisotopic (exact) mass is 521 g/mol. The number of pyridine rings is 1. The minimum absolute atomic E-state index is 0.0262. The molecule has 0 radical (unpaired) electrons. The second kappa shape index (κ2) is 11.5. The van der Waals surface area contributed by atoms with E-state index in [1.165, 1.54) is 35.4 Å². The van der Waals surface area contributed by atoms with Crippen molar-refractivity contribution in [3.63, 3.8) is 0 Å². The number of halogens is 3. The molecule has 0 aliphatic rings. The van der Waals surface area contributed by atoms with Crippen LogP contribution < -0.4 is 0 Å². The van der Waals surface area contributed by atoms with Gasteiger partial charge in [0.1, 0.15) is 12.3 Å². The molecule has 0 aliphatic heterocycles. The zero-order valence-electron chi connectivity index (χ0n) is 19.9. The van der Waals surface area contributed by atoms with E-state index in [2.05, 4.69) is 10.1 Å². The normalized spacial score (nSPS) is 12.4. The van der Waals surface area contributed by atoms with Gasteiger partial charge in [0.2, 0.25) is 5.91 Å². The number of rotatable bonds is 9. The van der Waals surface area contributed by atoms with Gasteiger partial charge in [-0.2, -0.15) is 13.2 Å². The van der Waals surface area contributed by atoms with Crippen LogP contribution >= 0.6 is 0 Å². The molecule has 1 N–H and O–H groups in total. The largest absolute Gasteiger partial charge is 0.480 e. The van der Waals surface area contributed by atoms with Crippen molar-refractivity contribution in [2.24, 2.45) is 0 Å². The summed E-state index contributed by atoms with van der Waals surface area (Å²) in [4.78, 5) is 30.7. The van der Waals surface area contributed by atoms with Gasteiger partial charge >= 0.3 is 12.1 Å². The molecule has 0 saturated carbocycles. The number of hydrogen-bond donors (Lipinski definition) is 1. The standard InChI is InChI=1S/C28H22F3N3O4/c29-28(30,31)23-8-3-19(4-9-23)5-10-26(35)34(25(27(36)37)17-24-13-16-38-33-24)18-20-1-6-21(7-2-20)22-11-14-32-15-12-22/h1-16,25H,17-18H2,(H,36,37). The van der Waals surface area contributed by atoms with Crippen LogP contribution in [0.25, 0.3) is 17.2 Å². The van der Waals surface area contributed by atoms with Gasteiger partial charge in [0, 0.05) is 37.5 Å². The fourth-order valence-corrected chi connectivity index (χ4v) is 3.80. The van der Waals surface area contributed by atoms with Gasteiger partial charge in [-0.25, -0.2) is 4.79 Å². The predicted octanol–water partition coefficient (Wildman–Crippen LogP) is 5.49. The highest BCUT2D eigenvalue weighted by atomic mass is 19.4. The molecule has 7 nitrogen and oxygen atoms in total. The van der Waals surface area contributed by atoms with Crippen molar-refractivity contribution in [3.05, 3.63) is 114 Å². The summed E-state index contributed by atoms with van der Waals surface area (Å²) < 4.78 is 43.3. The smallest absolute Gasteiger partial charge is 0.416 e. The molecule has 1 unspecified atom stereocenters. The van der Waals surface area contributed by atoms with Crippen molar-refractivity contribution in [2.75, 3.05) is 0 Å². The number of amides is 1. The van der Waals surface area contributed by atoms with E-state index >= 15 is 0 Å². The summed E-state index contributed by atoms with van der Waals surface area (Å²) in [6.07, 6.45) is 2.58. The second-order valence-corrected chi connectivity index (χ2v) is 8.40. The van der Waals surface area contributed by atoms with E-state index in [0.717, 1.165) is 29.3 Å². The molecule has 1 atom stereocenters. The second-order valence-electron chi connectivity index (χ2n) is 8.40. The number of alkyl halides is 3. The Morgan fingerprint density at radius 3 is 2.18 bits per heavy atom. The summed E-state index contributed by atoms with van der Waals surface area (Å²) in [6, 6.07) is 15.6. The van der Waals surface area contributed by atoms with Crippen LogP contribution in [-0.4, -0.2) is 38.1 Å². The van der Waals surface area contributed by atoms with Crippen LogP contribution in [0.2, 0.25) is 0 Å². The number of carboxylic acids is 1. The SMILES string of the molecule is O=C(O)C(Cc1ccon1)N(Cc1ccc(-c2ccncc2)cc1)C(=O)C=Cc1ccc(C(F)(F)F)cc1. The molecular weight excluding hydrogens is 499 g/mol. The Morgan fingerprint density at radius 1 is 0.947 bits per heavy atom. The number of aliphatic carboxylic acids is 1. The molecule has 2 aromatic heterocycles. The first-order valence-corrected chi connectivity index (χ1v) is 11.5. The fraction of sp³-hybridized carbons (Fsp3) is 0.143. The van der Waals surface area contributed by atoms with E-state index in [1.807, 2.05) is 24.3 Å². The van der Waals surface area contributed by atoms with E-state index < -0.39 is 29.7 Å². The van der Waals surface area contributed by atoms with Crippen LogP contribution in [0.1, 0.15) is 22.4 Å². The molecule has 10 heteroatoms. The van der Waals surface area contributed by atoms with Gasteiger partial charge in [0.05, 0.1) is 11.3 Å². The van der Waals surface area contributed by atoms with Gasteiger partial charge in [0.15, 0.2) is 0 Å². The molecule has 4 rings (SSSR count). The number of benzene rings is 2. The molecule has 0 fully saturated rings. The summed E-state index contributed by atoms with van der Waals surface area (Å²) in [5.74, 6) is -1.86. The molecule has 4 aromatic rings. The lowest BCUT2D eigenvalue weighted by Gasteiger charge is -2.28. The molecule has 0 saturated heterocycles. The van der Waals surface area contributed by atoms with Crippen molar-refractivity contribution in [3.8, 4) is 11.1 Å². The van der Waals surface area contributed by atoms with E-state index in [-0.39, 0.29) is 13.0 Å². The van der Waals surface area contributed by atoms with Crippen molar-refractivity contribution in [1.29, 1.82) is 0 Å². The first-order chi connectivity index (χ1) is 18.2. The highest BCUT2D eigenvalue weighted by Gasteiger charge is 2.31. The minimum Gasteiger partial charge on any atom is -0.480 e. The van der Waals surface area contributed by atoms with Gasteiger partial charge in [-0.3, -0.25) is 9.78 Å². The molecular formula is C28H22F3N3O4. The Hall–Kier alpha value is -4.73. The molecule has 0 spiro atoms. The Kier molecular flexibility index (Phi) is 8.00. The molecule has 1 amide bonds. The predicted molar refractivity (Wildman–Crippen MR) is 132 cm³/mol. The van der Waals surface area contributed by atoms with Crippen molar-refractivity contribution in [1.82, 2.24) is 15.0 Å². The first-order valence-electron chi connectivity index (χ1n) is 11.5. The Bertz CT molecular complexity index is 1390. The van der Waals surface area contributed by atoms with Gasteiger partial charge in [-0.15, -0.1) is 0 Å². The van der Waals surface area contributed by atoms with E-state index in [1.54, 1.807) is 24.5 Å². The topological polar surface area (TPSA) is 96.5 Å². The number of carbonyl (C=O) groups is 2. The summed E-state index contributed by atoms with van der Waals surface area (Å²) in [5.41, 5.74) is 2.47. The van der Waals surface area contributed by atoms with Crippen LogP contribution in [0, 0.1) is 0 Å². The fourth-order valence-electron chi connectivity index (χ4n) is 3.80. The van der Waals surface area contributed by atoms with Crippen LogP contribution in [0.3, 0.4) is 0 Å². The maximum Gasteiger partial charge on any atom is 0.416 e. The van der Waals surface area contributed by atoms with Crippen LogP contribution in [-0.2, 0) is 28.7 Å². The summed E-state index contributed by atoms with van der Waals surface area (Å²) >= 11 is 0. The molecule has 38 heavy (non-hydrogen) atoms. The van der Waals surface area contributed by atoms with Gasteiger partial charge in [-0.05, 0) is 52.6 Å². The maximum absolute atomic E-state index is 13.3. The number of aromatic nitrogens is 2. The zero-order valence-corrected chi connectivity index (χ0v) is 19.9. The first kappa shape index (κ1) is 26.3. The molecule has 2 aromatic carbocycles. The Labute approximate surface area is 215 Å². The third-order valence-electron chi connectivity index (χ3n) is 5.81. The Morgan fingerprint density at radius 2 is 1.61 bits per heavy atom. The average molecular weight is 521 g/mol. The minimum atomic E-state index is -4.47. The van der Waals surface area contributed by atoms with Gasteiger partial charge in [0.25, 0.3) is 0 Å². The van der Waals surface area contributed by atoms with Gasteiger partial charge < -0.3 is 14.5 Å². The van der Waals surface area contributed by atoms with E-state index in [0.29, 0.717) is 16.8 Å². The average Bonchev–Trinajstić information content (AvgIpc) is 3.43. The zero-order chi connectivity index (χ0) is 27.1. The molecule has 194 valence electrons. The van der Waals surface area contributed by atoms with E-state index in [4.69, 9.17) is 4.52 Å². The lowest BCUT2D eigenvalue weighted by Crippen LogP contribution is -2.45. The van der Waals surface area contributed by atoms with Crippen LogP contribution in [0.15, 0.2) is 96.0 Å². The highest BCUT2D eigenvalue weighted by molar-refractivity contribution is 5.94. The summed E-state index contributed by atoms with van der Waals surface area (Å²) in [6.45, 7) is -0.0262.